The molecule has 0 atom stereocenters. The predicted molar refractivity (Wildman–Crippen MR) is 163 cm³/mol. The van der Waals surface area contributed by atoms with Crippen LogP contribution in [0.15, 0.2) is 72.6 Å². The second-order valence-corrected chi connectivity index (χ2v) is 10.3. The summed E-state index contributed by atoms with van der Waals surface area (Å²) in [5, 5.41) is 13.2. The highest BCUT2D eigenvalue weighted by molar-refractivity contribution is 6.06. The van der Waals surface area contributed by atoms with Crippen molar-refractivity contribution in [3.05, 3.63) is 83.7 Å². The third-order valence-corrected chi connectivity index (χ3v) is 6.86. The van der Waals surface area contributed by atoms with E-state index in [-0.39, 0.29) is 0 Å². The summed E-state index contributed by atoms with van der Waals surface area (Å²) < 4.78 is 7.91. The summed E-state index contributed by atoms with van der Waals surface area (Å²) in [5.74, 6) is 6.60. The highest BCUT2D eigenvalue weighted by Crippen LogP contribution is 2.34. The summed E-state index contributed by atoms with van der Waals surface area (Å²) in [6.45, 7) is 12.0. The Balaban J connectivity index is 0.000000457. The summed E-state index contributed by atoms with van der Waals surface area (Å²) in [6.07, 6.45) is 3.91. The third kappa shape index (κ3) is 7.38. The van der Waals surface area contributed by atoms with Crippen molar-refractivity contribution in [1.82, 2.24) is 14.6 Å². The fourth-order valence-corrected chi connectivity index (χ4v) is 4.94. The largest absolute Gasteiger partial charge is 0.401 e. The van der Waals surface area contributed by atoms with E-state index in [9.17, 15) is 5.11 Å². The van der Waals surface area contributed by atoms with Crippen molar-refractivity contribution in [3.8, 4) is 0 Å². The zero-order valence-corrected chi connectivity index (χ0v) is 24.3. The maximum atomic E-state index is 10.6. The first kappa shape index (κ1) is 30.2. The first-order valence-electron chi connectivity index (χ1n) is 13.8. The van der Waals surface area contributed by atoms with Gasteiger partial charge in [0.1, 0.15) is 0 Å². The van der Waals surface area contributed by atoms with Crippen LogP contribution in [0.25, 0.3) is 27.6 Å². The molecule has 1 saturated heterocycles. The standard InChI is InChI=1S/C24H33N5O2.C6H6.C2H6/c1-15(25)23(28(4)26)17-11-21-22(27-13-17)19-6-5-18(24(2,3)30)12-20(19)29(21)14-16-7-9-31-10-8-16;1-2-4-6-5-3-1;1-2/h5-6,11-13,16,30H,7-10,14,25-26H2,1-4H3;1-6H;1-2H3/b23-15-;;. The first-order chi connectivity index (χ1) is 18.7. The normalized spacial score (nSPS) is 14.7. The minimum atomic E-state index is -0.915. The molecule has 0 bridgehead atoms. The van der Waals surface area contributed by atoms with Gasteiger partial charge < -0.3 is 25.2 Å². The van der Waals surface area contributed by atoms with Crippen molar-refractivity contribution >= 4 is 27.6 Å². The molecule has 5 N–H and O–H groups in total. The Morgan fingerprint density at radius 3 is 2.15 bits per heavy atom. The topological polar surface area (TPSA) is 103 Å². The van der Waals surface area contributed by atoms with Crippen LogP contribution in [0.4, 0.5) is 0 Å². The second-order valence-electron chi connectivity index (χ2n) is 10.3. The molecule has 1 fully saturated rings. The molecule has 210 valence electrons. The van der Waals surface area contributed by atoms with Gasteiger partial charge in [-0.3, -0.25) is 4.98 Å². The van der Waals surface area contributed by atoms with Crippen molar-refractivity contribution in [3.63, 3.8) is 0 Å². The summed E-state index contributed by atoms with van der Waals surface area (Å²) in [4.78, 5) is 4.82. The lowest BCUT2D eigenvalue weighted by Gasteiger charge is -2.24. The zero-order valence-electron chi connectivity index (χ0n) is 24.3. The number of pyridine rings is 1. The average molecular weight is 532 g/mol. The Bertz CT molecular complexity index is 1330. The SMILES string of the molecule is C/C(N)=C(\c1cnc2c3ccc(C(C)(C)O)cc3n(CC3CCOCC3)c2c1)N(C)N.CC.c1ccccc1. The van der Waals surface area contributed by atoms with E-state index in [4.69, 9.17) is 21.3 Å². The molecule has 7 heteroatoms. The summed E-state index contributed by atoms with van der Waals surface area (Å²) in [7, 11) is 1.78. The summed E-state index contributed by atoms with van der Waals surface area (Å²) in [6, 6.07) is 20.3. The number of rotatable bonds is 5. The molecule has 2 aromatic heterocycles. The van der Waals surface area contributed by atoms with Gasteiger partial charge in [-0.1, -0.05) is 62.4 Å². The molecule has 0 aliphatic carbocycles. The average Bonchev–Trinajstić information content (AvgIpc) is 3.23. The Labute approximate surface area is 233 Å². The van der Waals surface area contributed by atoms with E-state index < -0.39 is 5.60 Å². The molecule has 39 heavy (non-hydrogen) atoms. The fraction of sp³-hybridized carbons (Fsp3) is 0.406. The number of allylic oxidation sites excluding steroid dienone is 1. The van der Waals surface area contributed by atoms with Gasteiger partial charge in [0.05, 0.1) is 27.8 Å². The Hall–Kier alpha value is -3.39. The van der Waals surface area contributed by atoms with E-state index >= 15 is 0 Å². The van der Waals surface area contributed by atoms with Crippen LogP contribution in [0.3, 0.4) is 0 Å². The van der Waals surface area contributed by atoms with Gasteiger partial charge >= 0.3 is 0 Å². The molecular weight excluding hydrogens is 486 g/mol. The van der Waals surface area contributed by atoms with Gasteiger partial charge in [0.25, 0.3) is 0 Å². The van der Waals surface area contributed by atoms with Crippen molar-refractivity contribution < 1.29 is 9.84 Å². The molecular formula is C32H45N5O2. The lowest BCUT2D eigenvalue weighted by molar-refractivity contribution is 0.0619. The van der Waals surface area contributed by atoms with Crippen LogP contribution in [0.2, 0.25) is 0 Å². The van der Waals surface area contributed by atoms with Crippen LogP contribution >= 0.6 is 0 Å². The molecule has 4 aromatic rings. The van der Waals surface area contributed by atoms with E-state index in [1.807, 2.05) is 83.3 Å². The number of nitrogens with zero attached hydrogens (tertiary/aromatic N) is 3. The lowest BCUT2D eigenvalue weighted by atomic mass is 9.97. The number of aliphatic hydroxyl groups is 1. The van der Waals surface area contributed by atoms with Gasteiger partial charge in [-0.25, -0.2) is 5.84 Å². The molecule has 5 rings (SSSR count). The molecule has 0 spiro atoms. The van der Waals surface area contributed by atoms with Crippen molar-refractivity contribution in [2.45, 2.75) is 59.6 Å². The van der Waals surface area contributed by atoms with Gasteiger partial charge in [-0.15, -0.1) is 0 Å². The lowest BCUT2D eigenvalue weighted by Crippen LogP contribution is -2.26. The molecule has 0 radical (unpaired) electrons. The molecule has 3 heterocycles. The molecule has 1 aliphatic rings. The van der Waals surface area contributed by atoms with Gasteiger partial charge in [0.15, 0.2) is 0 Å². The minimum Gasteiger partial charge on any atom is -0.401 e. The smallest absolute Gasteiger partial charge is 0.0960 e. The van der Waals surface area contributed by atoms with E-state index in [2.05, 4.69) is 22.8 Å². The quantitative estimate of drug-likeness (QED) is 0.215. The number of aromatic nitrogens is 2. The second kappa shape index (κ2) is 13.6. The maximum absolute atomic E-state index is 10.6. The number of hydrogen-bond acceptors (Lipinski definition) is 6. The summed E-state index contributed by atoms with van der Waals surface area (Å²) >= 11 is 0. The molecule has 1 aliphatic heterocycles. The number of ether oxygens (including phenoxy) is 1. The summed E-state index contributed by atoms with van der Waals surface area (Å²) in [5.41, 5.74) is 11.5. The monoisotopic (exact) mass is 531 g/mol. The first-order valence-corrected chi connectivity index (χ1v) is 13.8. The number of benzene rings is 2. The van der Waals surface area contributed by atoms with Crippen molar-refractivity contribution in [2.75, 3.05) is 20.3 Å². The third-order valence-electron chi connectivity index (χ3n) is 6.86. The van der Waals surface area contributed by atoms with Crippen LogP contribution in [0.5, 0.6) is 0 Å². The van der Waals surface area contributed by atoms with Crippen LogP contribution in [-0.2, 0) is 16.9 Å². The van der Waals surface area contributed by atoms with Crippen molar-refractivity contribution in [2.24, 2.45) is 17.5 Å². The molecule has 0 unspecified atom stereocenters. The van der Waals surface area contributed by atoms with Crippen LogP contribution in [-0.4, -0.2) is 39.9 Å². The fourth-order valence-electron chi connectivity index (χ4n) is 4.94. The Kier molecular flexibility index (Phi) is 10.5. The van der Waals surface area contributed by atoms with Gasteiger partial charge in [-0.2, -0.15) is 0 Å². The van der Waals surface area contributed by atoms with E-state index in [1.54, 1.807) is 7.05 Å². The highest BCUT2D eigenvalue weighted by atomic mass is 16.5. The Morgan fingerprint density at radius 1 is 1.05 bits per heavy atom. The Morgan fingerprint density at radius 2 is 1.64 bits per heavy atom. The number of hydrazine groups is 1. The molecule has 2 aromatic carbocycles. The van der Waals surface area contributed by atoms with E-state index in [1.165, 1.54) is 5.01 Å². The van der Waals surface area contributed by atoms with Gasteiger partial charge in [0, 0.05) is 49.6 Å². The number of fused-ring (bicyclic) bond motifs is 3. The predicted octanol–water partition coefficient (Wildman–Crippen LogP) is 6.01. The van der Waals surface area contributed by atoms with Crippen molar-refractivity contribution in [1.29, 1.82) is 0 Å². The zero-order chi connectivity index (χ0) is 28.6. The maximum Gasteiger partial charge on any atom is 0.0960 e. The minimum absolute atomic E-state index is 0.533. The van der Waals surface area contributed by atoms with E-state index in [0.717, 1.165) is 71.4 Å². The number of hydrogen-bond donors (Lipinski definition) is 3. The highest BCUT2D eigenvalue weighted by Gasteiger charge is 2.22. The number of nitrogens with two attached hydrogens (primary N) is 2. The molecule has 0 saturated carbocycles. The van der Waals surface area contributed by atoms with Crippen LogP contribution < -0.4 is 11.6 Å². The van der Waals surface area contributed by atoms with Crippen LogP contribution in [0, 0.1) is 5.92 Å². The van der Waals surface area contributed by atoms with Crippen LogP contribution in [0.1, 0.15) is 58.6 Å². The van der Waals surface area contributed by atoms with Gasteiger partial charge in [0.2, 0.25) is 0 Å². The van der Waals surface area contributed by atoms with Gasteiger partial charge in [-0.05, 0) is 57.2 Å². The van der Waals surface area contributed by atoms with E-state index in [0.29, 0.717) is 11.6 Å². The molecule has 0 amide bonds. The molecule has 7 nitrogen and oxygen atoms in total.